The molecule has 1 fully saturated rings. The first-order chi connectivity index (χ1) is 9.12. The van der Waals surface area contributed by atoms with Gasteiger partial charge in [0.25, 0.3) is 5.91 Å². The summed E-state index contributed by atoms with van der Waals surface area (Å²) < 4.78 is 8.28. The quantitative estimate of drug-likeness (QED) is 0.772. The molecule has 0 radical (unpaired) electrons. The molecule has 0 aromatic carbocycles. The standard InChI is InChI=1S/C13H20N4O2/c1-16(2)11(18)10-9-17-8-7-15-12(17)13(19-10)3-5-14-6-4-13/h7-8,10,14H,3-6,9H2,1-2H3. The van der Waals surface area contributed by atoms with Crippen LogP contribution < -0.4 is 5.32 Å². The average molecular weight is 264 g/mol. The lowest BCUT2D eigenvalue weighted by atomic mass is 9.89. The Kier molecular flexibility index (Phi) is 3.06. The van der Waals surface area contributed by atoms with Crippen molar-refractivity contribution in [3.05, 3.63) is 18.2 Å². The molecule has 1 amide bonds. The molecule has 6 heteroatoms. The van der Waals surface area contributed by atoms with E-state index in [2.05, 4.69) is 14.9 Å². The molecule has 104 valence electrons. The predicted octanol–water partition coefficient (Wildman–Crippen LogP) is -0.0512. The summed E-state index contributed by atoms with van der Waals surface area (Å²) in [5, 5.41) is 3.33. The van der Waals surface area contributed by atoms with Crippen LogP contribution in [0.5, 0.6) is 0 Å². The summed E-state index contributed by atoms with van der Waals surface area (Å²) in [5.41, 5.74) is -0.399. The van der Waals surface area contributed by atoms with Crippen molar-refractivity contribution < 1.29 is 9.53 Å². The minimum atomic E-state index is -0.408. The van der Waals surface area contributed by atoms with Crippen molar-refractivity contribution in [2.75, 3.05) is 27.2 Å². The molecule has 1 saturated heterocycles. The Morgan fingerprint density at radius 1 is 1.53 bits per heavy atom. The molecule has 0 saturated carbocycles. The first-order valence-corrected chi connectivity index (χ1v) is 6.74. The molecule has 2 aliphatic rings. The maximum atomic E-state index is 12.2. The van der Waals surface area contributed by atoms with E-state index in [-0.39, 0.29) is 5.91 Å². The first kappa shape index (κ1) is 12.6. The van der Waals surface area contributed by atoms with Crippen molar-refractivity contribution in [3.8, 4) is 0 Å². The summed E-state index contributed by atoms with van der Waals surface area (Å²) in [6, 6.07) is 0. The Morgan fingerprint density at radius 2 is 2.26 bits per heavy atom. The number of amides is 1. The van der Waals surface area contributed by atoms with E-state index < -0.39 is 11.7 Å². The Morgan fingerprint density at radius 3 is 2.95 bits per heavy atom. The van der Waals surface area contributed by atoms with E-state index in [1.54, 1.807) is 25.2 Å². The molecule has 3 heterocycles. The molecular weight excluding hydrogens is 244 g/mol. The van der Waals surface area contributed by atoms with Gasteiger partial charge in [0.15, 0.2) is 6.10 Å². The number of carbonyl (C=O) groups excluding carboxylic acids is 1. The van der Waals surface area contributed by atoms with Crippen molar-refractivity contribution in [1.29, 1.82) is 0 Å². The Balaban J connectivity index is 1.94. The van der Waals surface area contributed by atoms with E-state index in [1.807, 2.05) is 6.20 Å². The highest BCUT2D eigenvalue weighted by Gasteiger charge is 2.46. The number of ether oxygens (including phenoxy) is 1. The lowest BCUT2D eigenvalue weighted by molar-refractivity contribution is -0.174. The van der Waals surface area contributed by atoms with Gasteiger partial charge in [-0.05, 0) is 25.9 Å². The van der Waals surface area contributed by atoms with Gasteiger partial charge in [0.05, 0.1) is 6.54 Å². The number of aromatic nitrogens is 2. The maximum absolute atomic E-state index is 12.2. The van der Waals surface area contributed by atoms with Crippen LogP contribution in [0.25, 0.3) is 0 Å². The van der Waals surface area contributed by atoms with Crippen molar-refractivity contribution in [2.24, 2.45) is 0 Å². The van der Waals surface area contributed by atoms with E-state index in [4.69, 9.17) is 4.74 Å². The van der Waals surface area contributed by atoms with Gasteiger partial charge >= 0.3 is 0 Å². The lowest BCUT2D eigenvalue weighted by Crippen LogP contribution is -2.53. The van der Waals surface area contributed by atoms with Crippen LogP contribution in [0.3, 0.4) is 0 Å². The normalized spacial score (nSPS) is 25.1. The van der Waals surface area contributed by atoms with E-state index >= 15 is 0 Å². The summed E-state index contributed by atoms with van der Waals surface area (Å²) in [7, 11) is 3.54. The lowest BCUT2D eigenvalue weighted by Gasteiger charge is -2.43. The smallest absolute Gasteiger partial charge is 0.253 e. The maximum Gasteiger partial charge on any atom is 0.253 e. The van der Waals surface area contributed by atoms with Crippen LogP contribution in [0.4, 0.5) is 0 Å². The van der Waals surface area contributed by atoms with Crippen LogP contribution >= 0.6 is 0 Å². The van der Waals surface area contributed by atoms with Gasteiger partial charge in [-0.2, -0.15) is 0 Å². The largest absolute Gasteiger partial charge is 0.352 e. The summed E-state index contributed by atoms with van der Waals surface area (Å²) in [6.45, 7) is 2.35. The number of likely N-dealkylation sites (N-methyl/N-ethyl adjacent to an activating group) is 1. The number of rotatable bonds is 1. The van der Waals surface area contributed by atoms with Crippen molar-refractivity contribution in [3.63, 3.8) is 0 Å². The van der Waals surface area contributed by atoms with Crippen LogP contribution in [0.2, 0.25) is 0 Å². The predicted molar refractivity (Wildman–Crippen MR) is 69.6 cm³/mol. The fraction of sp³-hybridized carbons (Fsp3) is 0.692. The van der Waals surface area contributed by atoms with Gasteiger partial charge in [-0.25, -0.2) is 4.98 Å². The molecule has 1 spiro atoms. The number of carbonyl (C=O) groups is 1. The molecule has 19 heavy (non-hydrogen) atoms. The van der Waals surface area contributed by atoms with Gasteiger partial charge in [0.2, 0.25) is 0 Å². The Bertz CT molecular complexity index is 477. The minimum absolute atomic E-state index is 0.0252. The minimum Gasteiger partial charge on any atom is -0.352 e. The third kappa shape index (κ3) is 2.04. The molecule has 1 unspecified atom stereocenters. The highest BCUT2D eigenvalue weighted by molar-refractivity contribution is 5.80. The second kappa shape index (κ2) is 4.61. The second-order valence-corrected chi connectivity index (χ2v) is 5.49. The zero-order valence-corrected chi connectivity index (χ0v) is 11.4. The number of nitrogens with one attached hydrogen (secondary N) is 1. The van der Waals surface area contributed by atoms with Crippen LogP contribution in [0.1, 0.15) is 18.7 Å². The van der Waals surface area contributed by atoms with Gasteiger partial charge < -0.3 is 19.5 Å². The molecule has 6 nitrogen and oxygen atoms in total. The number of imidazole rings is 1. The van der Waals surface area contributed by atoms with E-state index in [0.717, 1.165) is 31.8 Å². The Labute approximate surface area is 112 Å². The molecule has 0 bridgehead atoms. The number of nitrogens with zero attached hydrogens (tertiary/aromatic N) is 3. The molecule has 0 aliphatic carbocycles. The summed E-state index contributed by atoms with van der Waals surface area (Å²) in [5.74, 6) is 0.995. The SMILES string of the molecule is CN(C)C(=O)C1Cn2ccnc2C2(CCNCC2)O1. The third-order valence-electron chi connectivity index (χ3n) is 3.98. The Hall–Kier alpha value is -1.40. The zero-order valence-electron chi connectivity index (χ0n) is 11.4. The number of hydrogen-bond acceptors (Lipinski definition) is 4. The number of hydrogen-bond donors (Lipinski definition) is 1. The monoisotopic (exact) mass is 264 g/mol. The molecule has 1 atom stereocenters. The van der Waals surface area contributed by atoms with E-state index in [0.29, 0.717) is 6.54 Å². The van der Waals surface area contributed by atoms with Gasteiger partial charge in [-0.3, -0.25) is 4.79 Å². The second-order valence-electron chi connectivity index (χ2n) is 5.49. The van der Waals surface area contributed by atoms with E-state index in [9.17, 15) is 4.79 Å². The fourth-order valence-corrected chi connectivity index (χ4v) is 2.99. The van der Waals surface area contributed by atoms with Crippen molar-refractivity contribution >= 4 is 5.91 Å². The number of fused-ring (bicyclic) bond motifs is 2. The molecule has 1 aromatic rings. The van der Waals surface area contributed by atoms with Gasteiger partial charge in [0.1, 0.15) is 11.4 Å². The number of piperidine rings is 1. The van der Waals surface area contributed by atoms with Crippen molar-refractivity contribution in [1.82, 2.24) is 19.8 Å². The molecule has 2 aliphatic heterocycles. The summed E-state index contributed by atoms with van der Waals surface area (Å²) in [4.78, 5) is 18.3. The van der Waals surface area contributed by atoms with E-state index in [1.165, 1.54) is 0 Å². The third-order valence-corrected chi connectivity index (χ3v) is 3.98. The highest BCUT2D eigenvalue weighted by Crippen LogP contribution is 2.38. The molecule has 1 N–H and O–H groups in total. The van der Waals surface area contributed by atoms with Crippen molar-refractivity contribution in [2.45, 2.75) is 31.1 Å². The summed E-state index contributed by atoms with van der Waals surface area (Å²) in [6.07, 6.45) is 5.06. The fourth-order valence-electron chi connectivity index (χ4n) is 2.99. The zero-order chi connectivity index (χ0) is 13.5. The molecule has 3 rings (SSSR count). The summed E-state index contributed by atoms with van der Waals surface area (Å²) >= 11 is 0. The molecular formula is C13H20N4O2. The first-order valence-electron chi connectivity index (χ1n) is 6.74. The average Bonchev–Trinajstić information content (AvgIpc) is 2.88. The van der Waals surface area contributed by atoms with Crippen LogP contribution in [-0.4, -0.2) is 53.6 Å². The van der Waals surface area contributed by atoms with Crippen LogP contribution in [0, 0.1) is 0 Å². The van der Waals surface area contributed by atoms with Crippen LogP contribution in [0.15, 0.2) is 12.4 Å². The topological polar surface area (TPSA) is 59.4 Å². The van der Waals surface area contributed by atoms with Crippen LogP contribution in [-0.2, 0) is 21.7 Å². The van der Waals surface area contributed by atoms with Gasteiger partial charge in [0, 0.05) is 26.5 Å². The van der Waals surface area contributed by atoms with Gasteiger partial charge in [-0.1, -0.05) is 0 Å². The highest BCUT2D eigenvalue weighted by atomic mass is 16.5. The molecule has 1 aromatic heterocycles. The van der Waals surface area contributed by atoms with Gasteiger partial charge in [-0.15, -0.1) is 0 Å².